The molecule has 0 amide bonds. The number of alkyl halides is 1. The largest absolute Gasteiger partial charge is 0.478 e. The number of hydrogen-bond acceptors (Lipinski definition) is 1. The zero-order valence-electron chi connectivity index (χ0n) is 9.46. The average Bonchev–Trinajstić information content (AvgIpc) is 2.21. The van der Waals surface area contributed by atoms with Crippen LogP contribution in [0.2, 0.25) is 0 Å². The minimum Gasteiger partial charge on any atom is -0.478 e. The smallest absolute Gasteiger partial charge is 0.335 e. The lowest BCUT2D eigenvalue weighted by atomic mass is 9.97. The van der Waals surface area contributed by atoms with E-state index in [9.17, 15) is 4.79 Å². The van der Waals surface area contributed by atoms with Crippen molar-refractivity contribution in [2.45, 2.75) is 20.3 Å². The van der Waals surface area contributed by atoms with Crippen LogP contribution in [-0.2, 0) is 6.42 Å². The molecular formula is C13H15ClO2. The molecule has 1 aromatic carbocycles. The van der Waals surface area contributed by atoms with Crippen molar-refractivity contribution in [3.8, 4) is 0 Å². The summed E-state index contributed by atoms with van der Waals surface area (Å²) in [5, 5.41) is 8.91. The fraction of sp³-hybridized carbons (Fsp3) is 0.308. The van der Waals surface area contributed by atoms with E-state index in [1.54, 1.807) is 12.1 Å². The van der Waals surface area contributed by atoms with Crippen LogP contribution in [0, 0.1) is 13.8 Å². The summed E-state index contributed by atoms with van der Waals surface area (Å²) in [6, 6.07) is 3.42. The molecule has 3 heteroatoms. The number of aryl methyl sites for hydroxylation is 2. The van der Waals surface area contributed by atoms with E-state index in [0.29, 0.717) is 11.4 Å². The van der Waals surface area contributed by atoms with Gasteiger partial charge >= 0.3 is 5.97 Å². The van der Waals surface area contributed by atoms with Gasteiger partial charge < -0.3 is 5.11 Å². The Kier molecular flexibility index (Phi) is 4.56. The van der Waals surface area contributed by atoms with Crippen LogP contribution in [0.4, 0.5) is 0 Å². The molecule has 0 spiro atoms. The molecule has 1 rings (SSSR count). The fourth-order valence-electron chi connectivity index (χ4n) is 1.70. The number of benzene rings is 1. The van der Waals surface area contributed by atoms with Gasteiger partial charge in [-0.3, -0.25) is 0 Å². The van der Waals surface area contributed by atoms with Crippen molar-refractivity contribution in [1.29, 1.82) is 0 Å². The highest BCUT2D eigenvalue weighted by Gasteiger charge is 2.08. The summed E-state index contributed by atoms with van der Waals surface area (Å²) in [7, 11) is 0. The minimum absolute atomic E-state index is 0.347. The Bertz CT molecular complexity index is 399. The third-order valence-electron chi connectivity index (χ3n) is 2.52. The van der Waals surface area contributed by atoms with E-state index in [1.165, 1.54) is 5.56 Å². The van der Waals surface area contributed by atoms with Gasteiger partial charge in [0.25, 0.3) is 0 Å². The van der Waals surface area contributed by atoms with E-state index in [4.69, 9.17) is 16.7 Å². The van der Waals surface area contributed by atoms with Crippen LogP contribution in [0.1, 0.15) is 27.0 Å². The average molecular weight is 239 g/mol. The normalized spacial score (nSPS) is 10.9. The SMILES string of the molecule is Cc1cc(C(=O)O)cc(C)c1CC=CCCl. The first-order chi connectivity index (χ1) is 7.56. The van der Waals surface area contributed by atoms with Gasteiger partial charge in [0.15, 0.2) is 0 Å². The highest BCUT2D eigenvalue weighted by atomic mass is 35.5. The number of rotatable bonds is 4. The molecule has 0 aliphatic carbocycles. The van der Waals surface area contributed by atoms with E-state index in [0.717, 1.165) is 17.5 Å². The highest BCUT2D eigenvalue weighted by Crippen LogP contribution is 2.17. The maximum absolute atomic E-state index is 10.8. The third-order valence-corrected chi connectivity index (χ3v) is 2.70. The Morgan fingerprint density at radius 3 is 2.31 bits per heavy atom. The molecule has 86 valence electrons. The van der Waals surface area contributed by atoms with Crippen LogP contribution in [-0.4, -0.2) is 17.0 Å². The van der Waals surface area contributed by atoms with Gasteiger partial charge in [0.1, 0.15) is 0 Å². The molecule has 0 aliphatic heterocycles. The molecule has 0 aliphatic rings. The van der Waals surface area contributed by atoms with Crippen LogP contribution in [0.15, 0.2) is 24.3 Å². The van der Waals surface area contributed by atoms with Crippen LogP contribution in [0.5, 0.6) is 0 Å². The molecule has 16 heavy (non-hydrogen) atoms. The van der Waals surface area contributed by atoms with Crippen molar-refractivity contribution in [1.82, 2.24) is 0 Å². The lowest BCUT2D eigenvalue weighted by molar-refractivity contribution is 0.0696. The van der Waals surface area contributed by atoms with Crippen molar-refractivity contribution in [3.63, 3.8) is 0 Å². The molecule has 0 unspecified atom stereocenters. The number of allylic oxidation sites excluding steroid dienone is 2. The first-order valence-corrected chi connectivity index (χ1v) is 5.64. The summed E-state index contributed by atoms with van der Waals surface area (Å²) in [6.45, 7) is 3.87. The van der Waals surface area contributed by atoms with E-state index in [1.807, 2.05) is 26.0 Å². The van der Waals surface area contributed by atoms with Gasteiger partial charge in [0.2, 0.25) is 0 Å². The molecule has 0 atom stereocenters. The second-order valence-electron chi connectivity index (χ2n) is 3.72. The van der Waals surface area contributed by atoms with E-state index >= 15 is 0 Å². The van der Waals surface area contributed by atoms with Gasteiger partial charge in [-0.25, -0.2) is 4.79 Å². The van der Waals surface area contributed by atoms with Crippen LogP contribution in [0.3, 0.4) is 0 Å². The Labute approximate surface area is 101 Å². The fourth-order valence-corrected chi connectivity index (χ4v) is 1.83. The Morgan fingerprint density at radius 1 is 1.31 bits per heavy atom. The van der Waals surface area contributed by atoms with Crippen molar-refractivity contribution in [2.75, 3.05) is 5.88 Å². The van der Waals surface area contributed by atoms with E-state index < -0.39 is 5.97 Å². The topological polar surface area (TPSA) is 37.3 Å². The van der Waals surface area contributed by atoms with Crippen molar-refractivity contribution in [3.05, 3.63) is 46.5 Å². The Morgan fingerprint density at radius 2 is 1.88 bits per heavy atom. The third kappa shape index (κ3) is 3.11. The molecule has 0 aromatic heterocycles. The first kappa shape index (κ1) is 12.8. The molecule has 0 radical (unpaired) electrons. The van der Waals surface area contributed by atoms with Crippen molar-refractivity contribution < 1.29 is 9.90 Å². The Hall–Kier alpha value is -1.28. The molecule has 0 bridgehead atoms. The highest BCUT2D eigenvalue weighted by molar-refractivity contribution is 6.18. The van der Waals surface area contributed by atoms with Crippen molar-refractivity contribution >= 4 is 17.6 Å². The van der Waals surface area contributed by atoms with Gasteiger partial charge in [-0.2, -0.15) is 0 Å². The lowest BCUT2D eigenvalue weighted by Gasteiger charge is -2.09. The van der Waals surface area contributed by atoms with Gasteiger partial charge in [0, 0.05) is 5.88 Å². The van der Waals surface area contributed by atoms with Gasteiger partial charge in [-0.05, 0) is 49.1 Å². The van der Waals surface area contributed by atoms with Crippen LogP contribution < -0.4 is 0 Å². The summed E-state index contributed by atoms with van der Waals surface area (Å²) in [4.78, 5) is 10.8. The summed E-state index contributed by atoms with van der Waals surface area (Å²) < 4.78 is 0. The van der Waals surface area contributed by atoms with Gasteiger partial charge in [-0.1, -0.05) is 12.2 Å². The van der Waals surface area contributed by atoms with E-state index in [-0.39, 0.29) is 0 Å². The molecule has 0 heterocycles. The summed E-state index contributed by atoms with van der Waals surface area (Å²) >= 11 is 5.55. The molecule has 0 saturated carbocycles. The molecule has 0 saturated heterocycles. The second kappa shape index (κ2) is 5.71. The molecule has 1 aromatic rings. The zero-order chi connectivity index (χ0) is 12.1. The molecule has 1 N–H and O–H groups in total. The van der Waals surface area contributed by atoms with E-state index in [2.05, 4.69) is 0 Å². The van der Waals surface area contributed by atoms with Crippen molar-refractivity contribution in [2.24, 2.45) is 0 Å². The van der Waals surface area contributed by atoms with Crippen LogP contribution >= 0.6 is 11.6 Å². The second-order valence-corrected chi connectivity index (χ2v) is 4.03. The maximum atomic E-state index is 10.8. The number of halogens is 1. The molecule has 0 fully saturated rings. The summed E-state index contributed by atoms with van der Waals surface area (Å²) in [6.07, 6.45) is 4.69. The number of aromatic carboxylic acids is 1. The molecule has 2 nitrogen and oxygen atoms in total. The summed E-state index contributed by atoms with van der Waals surface area (Å²) in [5.74, 6) is -0.375. The minimum atomic E-state index is -0.881. The maximum Gasteiger partial charge on any atom is 0.335 e. The first-order valence-electron chi connectivity index (χ1n) is 5.10. The quantitative estimate of drug-likeness (QED) is 0.645. The zero-order valence-corrected chi connectivity index (χ0v) is 10.2. The van der Waals surface area contributed by atoms with Gasteiger partial charge in [-0.15, -0.1) is 11.6 Å². The number of carboxylic acids is 1. The monoisotopic (exact) mass is 238 g/mol. The standard InChI is InChI=1S/C13H15ClO2/c1-9-7-11(13(15)16)8-10(2)12(9)5-3-4-6-14/h3-4,7-8H,5-6H2,1-2H3,(H,15,16). The number of carboxylic acid groups (broad SMARTS) is 1. The molecular weight excluding hydrogens is 224 g/mol. The number of carbonyl (C=O) groups is 1. The number of hydrogen-bond donors (Lipinski definition) is 1. The van der Waals surface area contributed by atoms with Gasteiger partial charge in [0.05, 0.1) is 5.56 Å². The van der Waals surface area contributed by atoms with Crippen LogP contribution in [0.25, 0.3) is 0 Å². The predicted molar refractivity (Wildman–Crippen MR) is 66.4 cm³/mol. The summed E-state index contributed by atoms with van der Waals surface area (Å²) in [5.41, 5.74) is 3.54. The predicted octanol–water partition coefficient (Wildman–Crippen LogP) is 3.34. The Balaban J connectivity index is 3.03. The lowest BCUT2D eigenvalue weighted by Crippen LogP contribution is -2.01.